The first-order chi connectivity index (χ1) is 10.00. The summed E-state index contributed by atoms with van der Waals surface area (Å²) in [5, 5.41) is 21.8. The minimum atomic E-state index is -0.626. The van der Waals surface area contributed by atoms with Crippen molar-refractivity contribution in [2.45, 2.75) is 31.8 Å². The molecule has 112 valence electrons. The highest BCUT2D eigenvalue weighted by atomic mass is 16.3. The van der Waals surface area contributed by atoms with Crippen LogP contribution in [0.5, 0.6) is 0 Å². The Bertz CT molecular complexity index is 549. The molecule has 0 saturated carbocycles. The number of anilines is 1. The van der Waals surface area contributed by atoms with Gasteiger partial charge in [0.2, 0.25) is 5.91 Å². The van der Waals surface area contributed by atoms with Gasteiger partial charge < -0.3 is 10.4 Å². The second kappa shape index (κ2) is 6.70. The highest BCUT2D eigenvalue weighted by Gasteiger charge is 2.25. The van der Waals surface area contributed by atoms with Crippen molar-refractivity contribution >= 4 is 11.6 Å². The van der Waals surface area contributed by atoms with Gasteiger partial charge >= 0.3 is 0 Å². The molecule has 1 fully saturated rings. The van der Waals surface area contributed by atoms with Crippen molar-refractivity contribution in [1.29, 1.82) is 5.26 Å². The third kappa shape index (κ3) is 4.55. The number of carbonyl (C=O) groups excluding carboxylic acids is 1. The normalized spacial score (nSPS) is 23.1. The van der Waals surface area contributed by atoms with Gasteiger partial charge in [-0.05, 0) is 44.9 Å². The van der Waals surface area contributed by atoms with E-state index in [4.69, 9.17) is 5.26 Å². The minimum absolute atomic E-state index is 0.126. The summed E-state index contributed by atoms with van der Waals surface area (Å²) >= 11 is 0. The lowest BCUT2D eigenvalue weighted by Crippen LogP contribution is -2.35. The fourth-order valence-electron chi connectivity index (χ4n) is 2.56. The van der Waals surface area contributed by atoms with Gasteiger partial charge in [-0.2, -0.15) is 5.26 Å². The summed E-state index contributed by atoms with van der Waals surface area (Å²) in [4.78, 5) is 14.1. The molecule has 1 atom stereocenters. The van der Waals surface area contributed by atoms with Crippen LogP contribution in [0.2, 0.25) is 0 Å². The minimum Gasteiger partial charge on any atom is -0.390 e. The Kier molecular flexibility index (Phi) is 4.94. The molecule has 0 radical (unpaired) electrons. The maximum atomic E-state index is 12.1. The first-order valence-electron chi connectivity index (χ1n) is 7.24. The molecule has 1 saturated heterocycles. The van der Waals surface area contributed by atoms with Gasteiger partial charge in [-0.3, -0.25) is 9.69 Å². The number of nitrogens with zero attached hydrogens (tertiary/aromatic N) is 2. The molecule has 0 spiro atoms. The molecular formula is C16H21N3O2. The van der Waals surface area contributed by atoms with Crippen molar-refractivity contribution in [2.75, 3.05) is 25.0 Å². The molecule has 2 rings (SSSR count). The van der Waals surface area contributed by atoms with E-state index in [1.807, 2.05) is 11.8 Å². The van der Waals surface area contributed by atoms with E-state index in [-0.39, 0.29) is 12.5 Å². The maximum Gasteiger partial charge on any atom is 0.238 e. The van der Waals surface area contributed by atoms with E-state index in [1.54, 1.807) is 24.3 Å². The number of amides is 1. The number of hydrogen-bond donors (Lipinski definition) is 2. The van der Waals surface area contributed by atoms with Gasteiger partial charge in [0.05, 0.1) is 23.4 Å². The second-order valence-corrected chi connectivity index (χ2v) is 5.83. The Morgan fingerprint density at radius 1 is 1.43 bits per heavy atom. The Morgan fingerprint density at radius 3 is 2.95 bits per heavy atom. The van der Waals surface area contributed by atoms with Crippen LogP contribution < -0.4 is 5.32 Å². The molecule has 1 aromatic rings. The number of nitriles is 1. The number of carbonyl (C=O) groups is 1. The number of aliphatic hydroxyl groups is 1. The SMILES string of the molecule is CC1(O)CCCN(CC(=O)Nc2ccccc2C#N)CC1. The third-order valence-electron chi connectivity index (χ3n) is 3.85. The van der Waals surface area contributed by atoms with Crippen molar-refractivity contribution in [3.05, 3.63) is 29.8 Å². The topological polar surface area (TPSA) is 76.4 Å². The predicted molar refractivity (Wildman–Crippen MR) is 80.7 cm³/mol. The Balaban J connectivity index is 1.92. The number of benzene rings is 1. The van der Waals surface area contributed by atoms with Gasteiger partial charge in [0.1, 0.15) is 6.07 Å². The Hall–Kier alpha value is -1.90. The molecule has 0 aromatic heterocycles. The zero-order valence-electron chi connectivity index (χ0n) is 12.3. The third-order valence-corrected chi connectivity index (χ3v) is 3.85. The molecule has 1 aliphatic rings. The van der Waals surface area contributed by atoms with Crippen LogP contribution in [0, 0.1) is 11.3 Å². The van der Waals surface area contributed by atoms with Crippen LogP contribution in [0.25, 0.3) is 0 Å². The standard InChI is InChI=1S/C16H21N3O2/c1-16(21)7-4-9-19(10-8-16)12-15(20)18-14-6-3-2-5-13(14)11-17/h2-3,5-6,21H,4,7-10,12H2,1H3,(H,18,20). The number of para-hydroxylation sites is 1. The molecule has 5 heteroatoms. The summed E-state index contributed by atoms with van der Waals surface area (Å²) in [5.74, 6) is -0.126. The number of hydrogen-bond acceptors (Lipinski definition) is 4. The fraction of sp³-hybridized carbons (Fsp3) is 0.500. The summed E-state index contributed by atoms with van der Waals surface area (Å²) in [6.45, 7) is 3.65. The largest absolute Gasteiger partial charge is 0.390 e. The molecule has 2 N–H and O–H groups in total. The van der Waals surface area contributed by atoms with E-state index in [9.17, 15) is 9.90 Å². The highest BCUT2D eigenvalue weighted by Crippen LogP contribution is 2.21. The molecule has 1 aromatic carbocycles. The van der Waals surface area contributed by atoms with Crippen LogP contribution in [-0.4, -0.2) is 41.1 Å². The average molecular weight is 287 g/mol. The maximum absolute atomic E-state index is 12.1. The van der Waals surface area contributed by atoms with E-state index in [0.29, 0.717) is 24.2 Å². The molecule has 1 heterocycles. The van der Waals surface area contributed by atoms with Crippen LogP contribution in [0.1, 0.15) is 31.7 Å². The van der Waals surface area contributed by atoms with Gasteiger partial charge in [0, 0.05) is 6.54 Å². The first-order valence-corrected chi connectivity index (χ1v) is 7.24. The average Bonchev–Trinajstić information content (AvgIpc) is 2.61. The number of likely N-dealkylation sites (tertiary alicyclic amines) is 1. The molecule has 0 aliphatic carbocycles. The van der Waals surface area contributed by atoms with Gasteiger partial charge in [-0.25, -0.2) is 0 Å². The first kappa shape index (κ1) is 15.5. The Labute approximate surface area is 125 Å². The summed E-state index contributed by atoms with van der Waals surface area (Å²) in [6, 6.07) is 9.03. The van der Waals surface area contributed by atoms with Gasteiger partial charge in [-0.1, -0.05) is 12.1 Å². The molecule has 1 aliphatic heterocycles. The van der Waals surface area contributed by atoms with Crippen LogP contribution in [0.3, 0.4) is 0 Å². The lowest BCUT2D eigenvalue weighted by atomic mass is 9.98. The monoisotopic (exact) mass is 287 g/mol. The zero-order valence-corrected chi connectivity index (χ0v) is 12.3. The van der Waals surface area contributed by atoms with Crippen LogP contribution in [0.4, 0.5) is 5.69 Å². The van der Waals surface area contributed by atoms with E-state index in [1.165, 1.54) is 0 Å². The van der Waals surface area contributed by atoms with Crippen LogP contribution in [0.15, 0.2) is 24.3 Å². The second-order valence-electron chi connectivity index (χ2n) is 5.83. The lowest BCUT2D eigenvalue weighted by molar-refractivity contribution is -0.117. The van der Waals surface area contributed by atoms with Crippen molar-refractivity contribution in [1.82, 2.24) is 4.90 Å². The summed E-state index contributed by atoms with van der Waals surface area (Å²) in [6.07, 6.45) is 2.33. The molecular weight excluding hydrogens is 266 g/mol. The van der Waals surface area contributed by atoms with Gasteiger partial charge in [0.15, 0.2) is 0 Å². The van der Waals surface area contributed by atoms with Crippen molar-refractivity contribution in [2.24, 2.45) is 0 Å². The van der Waals surface area contributed by atoms with Crippen molar-refractivity contribution < 1.29 is 9.90 Å². The van der Waals surface area contributed by atoms with Gasteiger partial charge in [-0.15, -0.1) is 0 Å². The summed E-state index contributed by atoms with van der Waals surface area (Å²) in [7, 11) is 0. The molecule has 21 heavy (non-hydrogen) atoms. The molecule has 0 bridgehead atoms. The smallest absolute Gasteiger partial charge is 0.238 e. The lowest BCUT2D eigenvalue weighted by Gasteiger charge is -2.22. The number of rotatable bonds is 3. The number of nitrogens with one attached hydrogen (secondary N) is 1. The van der Waals surface area contributed by atoms with Crippen LogP contribution >= 0.6 is 0 Å². The fourth-order valence-corrected chi connectivity index (χ4v) is 2.56. The van der Waals surface area contributed by atoms with Crippen molar-refractivity contribution in [3.63, 3.8) is 0 Å². The Morgan fingerprint density at radius 2 is 2.19 bits per heavy atom. The van der Waals surface area contributed by atoms with Gasteiger partial charge in [0.25, 0.3) is 0 Å². The molecule has 5 nitrogen and oxygen atoms in total. The van der Waals surface area contributed by atoms with Crippen molar-refractivity contribution in [3.8, 4) is 6.07 Å². The quantitative estimate of drug-likeness (QED) is 0.887. The van der Waals surface area contributed by atoms with E-state index < -0.39 is 5.60 Å². The molecule has 1 amide bonds. The summed E-state index contributed by atoms with van der Waals surface area (Å²) in [5.41, 5.74) is 0.384. The summed E-state index contributed by atoms with van der Waals surface area (Å²) < 4.78 is 0. The predicted octanol–water partition coefficient (Wildman–Crippen LogP) is 1.73. The highest BCUT2D eigenvalue weighted by molar-refractivity contribution is 5.93. The van der Waals surface area contributed by atoms with E-state index in [0.717, 1.165) is 19.4 Å². The zero-order chi connectivity index (χ0) is 15.3. The van der Waals surface area contributed by atoms with Crippen LogP contribution in [-0.2, 0) is 4.79 Å². The van der Waals surface area contributed by atoms with E-state index in [2.05, 4.69) is 11.4 Å². The van der Waals surface area contributed by atoms with E-state index >= 15 is 0 Å². The molecule has 1 unspecified atom stereocenters.